The molecule has 0 bridgehead atoms. The smallest absolute Gasteiger partial charge is 0.406 e. The van der Waals surface area contributed by atoms with Crippen LogP contribution in [0.3, 0.4) is 0 Å². The lowest BCUT2D eigenvalue weighted by Gasteiger charge is -2.41. The van der Waals surface area contributed by atoms with E-state index in [-0.39, 0.29) is 17.6 Å². The van der Waals surface area contributed by atoms with E-state index >= 15 is 0 Å². The summed E-state index contributed by atoms with van der Waals surface area (Å²) in [5.41, 5.74) is 4.25. The quantitative estimate of drug-likeness (QED) is 0.470. The van der Waals surface area contributed by atoms with Crippen molar-refractivity contribution in [3.63, 3.8) is 0 Å². The molecule has 0 aromatic heterocycles. The lowest BCUT2D eigenvalue weighted by atomic mass is 9.86. The van der Waals surface area contributed by atoms with Gasteiger partial charge >= 0.3 is 6.36 Å². The van der Waals surface area contributed by atoms with Gasteiger partial charge in [0, 0.05) is 12.2 Å². The van der Waals surface area contributed by atoms with E-state index in [2.05, 4.69) is 4.74 Å². The summed E-state index contributed by atoms with van der Waals surface area (Å²) in [6.45, 7) is 1.97. The highest BCUT2D eigenvalue weighted by molar-refractivity contribution is 5.76. The highest BCUT2D eigenvalue weighted by Gasteiger charge is 2.33. The van der Waals surface area contributed by atoms with Crippen molar-refractivity contribution < 1.29 is 27.4 Å². The van der Waals surface area contributed by atoms with Crippen LogP contribution >= 0.6 is 0 Å². The van der Waals surface area contributed by atoms with Crippen molar-refractivity contribution in [1.82, 2.24) is 0 Å². The molecule has 0 amide bonds. The van der Waals surface area contributed by atoms with Crippen LogP contribution in [0.1, 0.15) is 30.5 Å². The van der Waals surface area contributed by atoms with Crippen LogP contribution in [0.25, 0.3) is 11.1 Å². The summed E-state index contributed by atoms with van der Waals surface area (Å²) in [7, 11) is 0. The molecule has 3 aromatic carbocycles. The number of alkyl halides is 3. The number of benzene rings is 3. The zero-order valence-corrected chi connectivity index (χ0v) is 17.4. The number of rotatable bonds is 5. The van der Waals surface area contributed by atoms with Crippen molar-refractivity contribution in [1.29, 1.82) is 0 Å². The fourth-order valence-corrected chi connectivity index (χ4v) is 4.41. The zero-order chi connectivity index (χ0) is 22.9. The predicted molar refractivity (Wildman–Crippen MR) is 115 cm³/mol. The first-order valence-corrected chi connectivity index (χ1v) is 10.4. The highest BCUT2D eigenvalue weighted by Crippen LogP contribution is 2.43. The molecule has 2 atom stereocenters. The minimum atomic E-state index is -4.77. The third-order valence-corrected chi connectivity index (χ3v) is 5.58. The molecule has 0 saturated carbocycles. The summed E-state index contributed by atoms with van der Waals surface area (Å²) in [6.07, 6.45) is -4.14. The molecule has 0 spiro atoms. The second-order valence-electron chi connectivity index (χ2n) is 7.99. The van der Waals surface area contributed by atoms with Crippen LogP contribution in [0.2, 0.25) is 0 Å². The Balaban J connectivity index is 1.75. The number of halogens is 4. The van der Waals surface area contributed by atoms with Gasteiger partial charge in [0.05, 0.1) is 12.1 Å². The van der Waals surface area contributed by atoms with Crippen LogP contribution in [-0.4, -0.2) is 24.1 Å². The third kappa shape index (κ3) is 4.88. The van der Waals surface area contributed by atoms with Crippen LogP contribution in [0, 0.1) is 5.82 Å². The molecular formula is C25H23F4NO2. The maximum atomic E-state index is 13.8. The van der Waals surface area contributed by atoms with Crippen molar-refractivity contribution in [2.75, 3.05) is 11.4 Å². The summed E-state index contributed by atoms with van der Waals surface area (Å²) < 4.78 is 56.0. The Hall–Kier alpha value is -3.06. The first-order chi connectivity index (χ1) is 15.2. The molecule has 0 fully saturated rings. The fourth-order valence-electron chi connectivity index (χ4n) is 4.41. The van der Waals surface area contributed by atoms with E-state index in [9.17, 15) is 22.7 Å². The zero-order valence-electron chi connectivity index (χ0n) is 17.4. The molecule has 0 saturated heterocycles. The summed E-state index contributed by atoms with van der Waals surface area (Å²) in [4.78, 5) is 2.01. The lowest BCUT2D eigenvalue weighted by Crippen LogP contribution is -2.38. The van der Waals surface area contributed by atoms with Gasteiger partial charge in [0.15, 0.2) is 0 Å². The SMILES string of the molecule is C[C@@H](O)CN1c2cccc(-c3cccc(F)c3)c2CC[C@@H]1c1cccc(OC(F)(F)F)c1. The number of hydrogen-bond donors (Lipinski definition) is 1. The number of anilines is 1. The van der Waals surface area contributed by atoms with Gasteiger partial charge in [0.1, 0.15) is 11.6 Å². The number of nitrogens with zero attached hydrogens (tertiary/aromatic N) is 1. The average Bonchev–Trinajstić information content (AvgIpc) is 2.72. The molecule has 4 rings (SSSR count). The minimum absolute atomic E-state index is 0.239. The number of fused-ring (bicyclic) bond motifs is 1. The molecular weight excluding hydrogens is 422 g/mol. The molecule has 168 valence electrons. The van der Waals surface area contributed by atoms with Gasteiger partial charge < -0.3 is 14.7 Å². The fraction of sp³-hybridized carbons (Fsp3) is 0.280. The van der Waals surface area contributed by atoms with Gasteiger partial charge in [-0.3, -0.25) is 0 Å². The highest BCUT2D eigenvalue weighted by atomic mass is 19.4. The van der Waals surface area contributed by atoms with E-state index in [0.29, 0.717) is 24.9 Å². The van der Waals surface area contributed by atoms with E-state index in [1.165, 1.54) is 30.3 Å². The minimum Gasteiger partial charge on any atom is -0.406 e. The van der Waals surface area contributed by atoms with Gasteiger partial charge in [-0.25, -0.2) is 4.39 Å². The van der Waals surface area contributed by atoms with Gasteiger partial charge in [-0.2, -0.15) is 0 Å². The van der Waals surface area contributed by atoms with Crippen LogP contribution in [-0.2, 0) is 6.42 Å². The molecule has 7 heteroatoms. The van der Waals surface area contributed by atoms with Crippen molar-refractivity contribution in [3.05, 3.63) is 83.7 Å². The maximum absolute atomic E-state index is 13.8. The second-order valence-corrected chi connectivity index (χ2v) is 7.99. The maximum Gasteiger partial charge on any atom is 0.573 e. The number of hydrogen-bond acceptors (Lipinski definition) is 3. The average molecular weight is 445 g/mol. The monoisotopic (exact) mass is 445 g/mol. The molecule has 0 radical (unpaired) electrons. The van der Waals surface area contributed by atoms with Gasteiger partial charge in [0.2, 0.25) is 0 Å². The number of aliphatic hydroxyl groups excluding tert-OH is 1. The van der Waals surface area contributed by atoms with Gasteiger partial charge in [-0.05, 0) is 72.4 Å². The largest absolute Gasteiger partial charge is 0.573 e. The van der Waals surface area contributed by atoms with Gasteiger partial charge in [-0.15, -0.1) is 13.2 Å². The molecule has 1 heterocycles. The number of β-amino-alcohol motifs (C(OH)–C–C–N with tert-alkyl or cyclic N) is 1. The van der Waals surface area contributed by atoms with E-state index < -0.39 is 12.5 Å². The van der Waals surface area contributed by atoms with E-state index in [1.54, 1.807) is 19.1 Å². The Morgan fingerprint density at radius 3 is 2.53 bits per heavy atom. The molecule has 0 aliphatic carbocycles. The topological polar surface area (TPSA) is 32.7 Å². The normalized spacial score (nSPS) is 17.1. The summed E-state index contributed by atoms with van der Waals surface area (Å²) in [5.74, 6) is -0.595. The van der Waals surface area contributed by atoms with E-state index in [1.807, 2.05) is 29.2 Å². The molecule has 0 unspecified atom stereocenters. The Morgan fingerprint density at radius 1 is 1.06 bits per heavy atom. The second kappa shape index (κ2) is 8.82. The third-order valence-electron chi connectivity index (χ3n) is 5.58. The predicted octanol–water partition coefficient (Wildman–Crippen LogP) is 6.27. The van der Waals surface area contributed by atoms with E-state index in [4.69, 9.17) is 0 Å². The Morgan fingerprint density at radius 2 is 1.81 bits per heavy atom. The van der Waals surface area contributed by atoms with Crippen molar-refractivity contribution >= 4 is 5.69 Å². The van der Waals surface area contributed by atoms with Gasteiger partial charge in [-0.1, -0.05) is 36.4 Å². The summed E-state index contributed by atoms with van der Waals surface area (Å²) in [5, 5.41) is 10.2. The van der Waals surface area contributed by atoms with Crippen molar-refractivity contribution in [2.45, 2.75) is 38.3 Å². The molecule has 3 nitrogen and oxygen atoms in total. The van der Waals surface area contributed by atoms with Crippen LogP contribution in [0.4, 0.5) is 23.2 Å². The van der Waals surface area contributed by atoms with Crippen LogP contribution in [0.5, 0.6) is 5.75 Å². The van der Waals surface area contributed by atoms with Crippen LogP contribution in [0.15, 0.2) is 66.7 Å². The Bertz CT molecular complexity index is 1100. The summed E-state index contributed by atoms with van der Waals surface area (Å²) >= 11 is 0. The first kappa shape index (κ1) is 22.1. The number of aliphatic hydroxyl groups is 1. The standard InChI is InChI=1S/C25H23F4NO2/c1-16(31)15-30-23(18-6-3-8-20(14-18)32-25(27,28)29)12-11-22-21(9-4-10-24(22)30)17-5-2-7-19(26)13-17/h2-10,13-14,16,23,31H,11-12,15H2,1H3/t16-,23-/m1/s1. The first-order valence-electron chi connectivity index (χ1n) is 10.4. The molecule has 1 N–H and O–H groups in total. The van der Waals surface area contributed by atoms with E-state index in [0.717, 1.165) is 22.4 Å². The summed E-state index contributed by atoms with van der Waals surface area (Å²) in [6, 6.07) is 17.9. The van der Waals surface area contributed by atoms with Crippen molar-refractivity contribution in [3.8, 4) is 16.9 Å². The molecule has 3 aromatic rings. The van der Waals surface area contributed by atoms with Gasteiger partial charge in [0.25, 0.3) is 0 Å². The molecule has 1 aliphatic heterocycles. The van der Waals surface area contributed by atoms with Crippen LogP contribution < -0.4 is 9.64 Å². The van der Waals surface area contributed by atoms with Crippen molar-refractivity contribution in [2.24, 2.45) is 0 Å². The Labute approximate surface area is 183 Å². The number of ether oxygens (including phenoxy) is 1. The Kier molecular flexibility index (Phi) is 6.11. The molecule has 32 heavy (non-hydrogen) atoms. The molecule has 1 aliphatic rings. The lowest BCUT2D eigenvalue weighted by molar-refractivity contribution is -0.274.